The lowest BCUT2D eigenvalue weighted by molar-refractivity contribution is 0.0696. The number of carboxylic acid groups (broad SMARTS) is 1. The highest BCUT2D eigenvalue weighted by Crippen LogP contribution is 2.22. The fraction of sp³-hybridized carbons (Fsp3) is 0.167. The Morgan fingerprint density at radius 2 is 2.17 bits per heavy atom. The van der Waals surface area contributed by atoms with Crippen molar-refractivity contribution in [2.24, 2.45) is 0 Å². The van der Waals surface area contributed by atoms with Gasteiger partial charge in [0, 0.05) is 10.0 Å². The lowest BCUT2D eigenvalue weighted by atomic mass is 10.2. The molecule has 1 aromatic carbocycles. The Bertz CT molecular complexity index is 608. The Hall–Kier alpha value is -1.52. The second-order valence-corrected chi connectivity index (χ2v) is 4.69. The van der Waals surface area contributed by atoms with Crippen LogP contribution in [0.4, 0.5) is 0 Å². The molecule has 18 heavy (non-hydrogen) atoms. The smallest absolute Gasteiger partial charge is 0.339 e. The van der Waals surface area contributed by atoms with Crippen molar-refractivity contribution in [2.45, 2.75) is 13.5 Å². The van der Waals surface area contributed by atoms with Crippen molar-refractivity contribution in [1.29, 1.82) is 0 Å². The molecule has 0 radical (unpaired) electrons. The van der Waals surface area contributed by atoms with Crippen LogP contribution in [0.3, 0.4) is 0 Å². The highest BCUT2D eigenvalue weighted by atomic mass is 35.5. The van der Waals surface area contributed by atoms with Crippen LogP contribution in [0.25, 0.3) is 0 Å². The Balaban J connectivity index is 2.34. The number of rotatable bonds is 3. The summed E-state index contributed by atoms with van der Waals surface area (Å²) in [4.78, 5) is 10.9. The maximum absolute atomic E-state index is 10.9. The molecule has 1 N–H and O–H groups in total. The number of carbonyl (C=O) groups is 1. The molecule has 0 fully saturated rings. The zero-order valence-corrected chi connectivity index (χ0v) is 11.0. The predicted octanol–water partition coefficient (Wildman–Crippen LogP) is 3.24. The summed E-state index contributed by atoms with van der Waals surface area (Å²) < 4.78 is 1.58. The van der Waals surface area contributed by atoms with Crippen LogP contribution in [-0.4, -0.2) is 20.9 Å². The van der Waals surface area contributed by atoms with Gasteiger partial charge in [-0.1, -0.05) is 23.2 Å². The first-order valence-corrected chi connectivity index (χ1v) is 5.94. The Kier molecular flexibility index (Phi) is 3.59. The average Bonchev–Trinajstić information content (AvgIpc) is 2.66. The van der Waals surface area contributed by atoms with Crippen LogP contribution >= 0.6 is 23.2 Å². The van der Waals surface area contributed by atoms with Gasteiger partial charge in [0.25, 0.3) is 0 Å². The molecule has 4 nitrogen and oxygen atoms in total. The Labute approximate surface area is 114 Å². The topological polar surface area (TPSA) is 55.1 Å². The molecule has 0 aliphatic rings. The summed E-state index contributed by atoms with van der Waals surface area (Å²) >= 11 is 11.9. The number of benzene rings is 1. The van der Waals surface area contributed by atoms with Crippen LogP contribution in [0.1, 0.15) is 21.6 Å². The fourth-order valence-electron chi connectivity index (χ4n) is 1.64. The molecule has 0 bridgehead atoms. The van der Waals surface area contributed by atoms with Gasteiger partial charge in [-0.05, 0) is 30.7 Å². The minimum absolute atomic E-state index is 0.188. The van der Waals surface area contributed by atoms with Crippen molar-refractivity contribution >= 4 is 29.2 Å². The molecule has 0 saturated heterocycles. The van der Waals surface area contributed by atoms with E-state index in [0.717, 1.165) is 5.56 Å². The van der Waals surface area contributed by atoms with Crippen molar-refractivity contribution in [1.82, 2.24) is 9.78 Å². The first kappa shape index (κ1) is 12.9. The standard InChI is InChI=1S/C12H10Cl2N2O2/c1-7-10(12(17)18)5-15-16(7)6-8-4-9(13)2-3-11(8)14/h2-5H,6H2,1H3,(H,17,18). The third-order valence-electron chi connectivity index (χ3n) is 2.66. The zero-order valence-electron chi connectivity index (χ0n) is 9.52. The normalized spacial score (nSPS) is 10.6. The van der Waals surface area contributed by atoms with E-state index in [1.54, 1.807) is 29.8 Å². The van der Waals surface area contributed by atoms with E-state index in [1.165, 1.54) is 6.20 Å². The van der Waals surface area contributed by atoms with E-state index >= 15 is 0 Å². The summed E-state index contributed by atoms with van der Waals surface area (Å²) in [6.45, 7) is 2.09. The lowest BCUT2D eigenvalue weighted by Gasteiger charge is -2.07. The third-order valence-corrected chi connectivity index (χ3v) is 3.27. The molecule has 0 amide bonds. The Morgan fingerprint density at radius 1 is 1.44 bits per heavy atom. The van der Waals surface area contributed by atoms with Gasteiger partial charge in [0.15, 0.2) is 0 Å². The molecule has 1 heterocycles. The number of aromatic carboxylic acids is 1. The van der Waals surface area contributed by atoms with Gasteiger partial charge >= 0.3 is 5.97 Å². The molecule has 0 saturated carbocycles. The molecule has 0 aliphatic carbocycles. The molecule has 1 aromatic heterocycles. The summed E-state index contributed by atoms with van der Waals surface area (Å²) in [5, 5.41) is 14.1. The van der Waals surface area contributed by atoms with Gasteiger partial charge in [-0.25, -0.2) is 4.79 Å². The van der Waals surface area contributed by atoms with Crippen LogP contribution in [-0.2, 0) is 6.54 Å². The van der Waals surface area contributed by atoms with E-state index in [9.17, 15) is 4.79 Å². The Morgan fingerprint density at radius 3 is 2.78 bits per heavy atom. The lowest BCUT2D eigenvalue weighted by Crippen LogP contribution is -2.06. The summed E-state index contributed by atoms with van der Waals surface area (Å²) in [6, 6.07) is 5.15. The second kappa shape index (κ2) is 5.00. The van der Waals surface area contributed by atoms with Gasteiger partial charge < -0.3 is 5.11 Å². The molecule has 0 atom stereocenters. The van der Waals surface area contributed by atoms with Crippen LogP contribution in [0.5, 0.6) is 0 Å². The number of halogens is 2. The van der Waals surface area contributed by atoms with E-state index in [2.05, 4.69) is 5.10 Å². The van der Waals surface area contributed by atoms with Crippen LogP contribution in [0.15, 0.2) is 24.4 Å². The molecule has 0 aliphatic heterocycles. The average molecular weight is 285 g/mol. The summed E-state index contributed by atoms with van der Waals surface area (Å²) in [5.41, 5.74) is 1.57. The van der Waals surface area contributed by atoms with E-state index in [0.29, 0.717) is 22.3 Å². The van der Waals surface area contributed by atoms with Gasteiger partial charge in [0.05, 0.1) is 18.4 Å². The van der Waals surface area contributed by atoms with Gasteiger partial charge in [-0.2, -0.15) is 5.10 Å². The summed E-state index contributed by atoms with van der Waals surface area (Å²) in [6.07, 6.45) is 1.33. The van der Waals surface area contributed by atoms with Crippen molar-refractivity contribution < 1.29 is 9.90 Å². The van der Waals surface area contributed by atoms with Gasteiger partial charge in [0.2, 0.25) is 0 Å². The van der Waals surface area contributed by atoms with Crippen LogP contribution in [0.2, 0.25) is 10.0 Å². The number of nitrogens with zero attached hydrogens (tertiary/aromatic N) is 2. The number of hydrogen-bond acceptors (Lipinski definition) is 2. The molecule has 6 heteroatoms. The minimum atomic E-state index is -0.990. The summed E-state index contributed by atoms with van der Waals surface area (Å²) in [7, 11) is 0. The quantitative estimate of drug-likeness (QED) is 0.941. The number of carboxylic acids is 1. The fourth-order valence-corrected chi connectivity index (χ4v) is 2.01. The predicted molar refractivity (Wildman–Crippen MR) is 69.5 cm³/mol. The number of aromatic nitrogens is 2. The third kappa shape index (κ3) is 2.49. The second-order valence-electron chi connectivity index (χ2n) is 3.84. The van der Waals surface area contributed by atoms with Crippen molar-refractivity contribution in [3.8, 4) is 0 Å². The number of hydrogen-bond donors (Lipinski definition) is 1. The molecule has 0 unspecified atom stereocenters. The molecular formula is C12H10Cl2N2O2. The van der Waals surface area contributed by atoms with Gasteiger partial charge in [-0.3, -0.25) is 4.68 Å². The SMILES string of the molecule is Cc1c(C(=O)O)cnn1Cc1cc(Cl)ccc1Cl. The van der Waals surface area contributed by atoms with E-state index < -0.39 is 5.97 Å². The van der Waals surface area contributed by atoms with E-state index in [1.807, 2.05) is 0 Å². The highest BCUT2D eigenvalue weighted by molar-refractivity contribution is 6.33. The first-order chi connectivity index (χ1) is 8.49. The van der Waals surface area contributed by atoms with E-state index in [4.69, 9.17) is 28.3 Å². The van der Waals surface area contributed by atoms with Crippen molar-refractivity contribution in [3.63, 3.8) is 0 Å². The molecular weight excluding hydrogens is 275 g/mol. The minimum Gasteiger partial charge on any atom is -0.478 e. The van der Waals surface area contributed by atoms with Gasteiger partial charge in [0.1, 0.15) is 5.56 Å². The van der Waals surface area contributed by atoms with Crippen molar-refractivity contribution in [3.05, 3.63) is 51.3 Å². The molecule has 2 rings (SSSR count). The maximum Gasteiger partial charge on any atom is 0.339 e. The largest absolute Gasteiger partial charge is 0.478 e. The molecule has 0 spiro atoms. The monoisotopic (exact) mass is 284 g/mol. The van der Waals surface area contributed by atoms with Crippen LogP contribution < -0.4 is 0 Å². The van der Waals surface area contributed by atoms with Crippen LogP contribution in [0, 0.1) is 6.92 Å². The maximum atomic E-state index is 10.9. The highest BCUT2D eigenvalue weighted by Gasteiger charge is 2.13. The van der Waals surface area contributed by atoms with Crippen molar-refractivity contribution in [2.75, 3.05) is 0 Å². The summed E-state index contributed by atoms with van der Waals surface area (Å²) in [5.74, 6) is -0.990. The van der Waals surface area contributed by atoms with E-state index in [-0.39, 0.29) is 5.56 Å². The molecule has 94 valence electrons. The molecule has 2 aromatic rings. The zero-order chi connectivity index (χ0) is 13.3. The van der Waals surface area contributed by atoms with Gasteiger partial charge in [-0.15, -0.1) is 0 Å². The first-order valence-electron chi connectivity index (χ1n) is 5.18.